The van der Waals surface area contributed by atoms with Crippen LogP contribution in [0.1, 0.15) is 52.9 Å². The lowest BCUT2D eigenvalue weighted by atomic mass is 9.93. The number of hydrogen-bond donors (Lipinski definition) is 1. The van der Waals surface area contributed by atoms with Crippen LogP contribution in [0.2, 0.25) is 0 Å². The van der Waals surface area contributed by atoms with E-state index in [9.17, 15) is 0 Å². The summed E-state index contributed by atoms with van der Waals surface area (Å²) >= 11 is 0. The van der Waals surface area contributed by atoms with Crippen molar-refractivity contribution in [2.45, 2.75) is 52.9 Å². The van der Waals surface area contributed by atoms with Crippen LogP contribution >= 0.6 is 0 Å². The summed E-state index contributed by atoms with van der Waals surface area (Å²) in [6.45, 7) is 8.59. The van der Waals surface area contributed by atoms with Crippen LogP contribution in [0.3, 0.4) is 0 Å². The minimum atomic E-state index is 0.0131. The highest BCUT2D eigenvalue weighted by Crippen LogP contribution is 2.20. The first-order valence-electron chi connectivity index (χ1n) is 5.86. The second-order valence-corrected chi connectivity index (χ2v) is 5.35. The standard InChI is InChI=1S/C12H24N2/c1-12(2,3)11(13)14-9-7-5-4-6-8-10-14/h13H,4-10H2,1-3H3. The van der Waals surface area contributed by atoms with Crippen molar-refractivity contribution in [2.75, 3.05) is 13.1 Å². The molecule has 1 heterocycles. The summed E-state index contributed by atoms with van der Waals surface area (Å²) < 4.78 is 0. The van der Waals surface area contributed by atoms with Crippen LogP contribution in [-0.2, 0) is 0 Å². The molecule has 0 bridgehead atoms. The second kappa shape index (κ2) is 4.81. The van der Waals surface area contributed by atoms with Crippen LogP contribution in [0.5, 0.6) is 0 Å². The number of hydrogen-bond acceptors (Lipinski definition) is 1. The Morgan fingerprint density at radius 1 is 0.929 bits per heavy atom. The Morgan fingerprint density at radius 2 is 1.36 bits per heavy atom. The van der Waals surface area contributed by atoms with Gasteiger partial charge in [0.1, 0.15) is 5.84 Å². The van der Waals surface area contributed by atoms with Gasteiger partial charge in [-0.15, -0.1) is 0 Å². The molecule has 0 amide bonds. The van der Waals surface area contributed by atoms with Gasteiger partial charge in [-0.05, 0) is 12.8 Å². The first-order valence-corrected chi connectivity index (χ1v) is 5.86. The molecule has 14 heavy (non-hydrogen) atoms. The third-order valence-corrected chi connectivity index (χ3v) is 2.88. The molecule has 1 saturated heterocycles. The van der Waals surface area contributed by atoms with Crippen molar-refractivity contribution in [3.05, 3.63) is 0 Å². The molecule has 0 saturated carbocycles. The molecule has 0 unspecified atom stereocenters. The molecule has 0 aromatic carbocycles. The van der Waals surface area contributed by atoms with Gasteiger partial charge < -0.3 is 4.90 Å². The molecule has 1 fully saturated rings. The van der Waals surface area contributed by atoms with Gasteiger partial charge in [-0.25, -0.2) is 0 Å². The predicted octanol–water partition coefficient (Wildman–Crippen LogP) is 3.28. The molecule has 1 aliphatic heterocycles. The lowest BCUT2D eigenvalue weighted by Crippen LogP contribution is -2.40. The molecule has 2 nitrogen and oxygen atoms in total. The van der Waals surface area contributed by atoms with Crippen molar-refractivity contribution < 1.29 is 0 Å². The van der Waals surface area contributed by atoms with E-state index < -0.39 is 0 Å². The summed E-state index contributed by atoms with van der Waals surface area (Å²) in [5.41, 5.74) is 0.0131. The SMILES string of the molecule is CC(C)(C)C(=N)N1CCCCCCC1. The molecule has 1 aliphatic rings. The Morgan fingerprint density at radius 3 is 1.79 bits per heavy atom. The van der Waals surface area contributed by atoms with Gasteiger partial charge in [0, 0.05) is 18.5 Å². The number of amidine groups is 1. The maximum Gasteiger partial charge on any atom is 0.101 e. The molecule has 0 aromatic rings. The zero-order valence-electron chi connectivity index (χ0n) is 9.90. The van der Waals surface area contributed by atoms with E-state index in [1.165, 1.54) is 32.1 Å². The van der Waals surface area contributed by atoms with E-state index in [-0.39, 0.29) is 5.41 Å². The predicted molar refractivity (Wildman–Crippen MR) is 61.8 cm³/mol. The zero-order chi connectivity index (χ0) is 10.6. The van der Waals surface area contributed by atoms with Crippen LogP contribution in [-0.4, -0.2) is 23.8 Å². The average molecular weight is 196 g/mol. The highest BCUT2D eigenvalue weighted by molar-refractivity contribution is 5.84. The first kappa shape index (κ1) is 11.5. The number of nitrogens with one attached hydrogen (secondary N) is 1. The van der Waals surface area contributed by atoms with E-state index in [0.717, 1.165) is 18.9 Å². The lowest BCUT2D eigenvalue weighted by Gasteiger charge is -2.33. The molecule has 0 aliphatic carbocycles. The number of rotatable bonds is 0. The highest BCUT2D eigenvalue weighted by Gasteiger charge is 2.23. The van der Waals surface area contributed by atoms with Crippen LogP contribution < -0.4 is 0 Å². The third-order valence-electron chi connectivity index (χ3n) is 2.88. The summed E-state index contributed by atoms with van der Waals surface area (Å²) in [6.07, 6.45) is 6.59. The number of likely N-dealkylation sites (tertiary alicyclic amines) is 1. The topological polar surface area (TPSA) is 27.1 Å². The largest absolute Gasteiger partial charge is 0.360 e. The highest BCUT2D eigenvalue weighted by atomic mass is 15.2. The van der Waals surface area contributed by atoms with Crippen molar-refractivity contribution >= 4 is 5.84 Å². The normalized spacial score (nSPS) is 20.1. The quantitative estimate of drug-likeness (QED) is 0.467. The second-order valence-electron chi connectivity index (χ2n) is 5.35. The Bertz CT molecular complexity index is 183. The Kier molecular flexibility index (Phi) is 3.97. The van der Waals surface area contributed by atoms with Gasteiger partial charge in [-0.3, -0.25) is 5.41 Å². The molecule has 0 spiro atoms. The van der Waals surface area contributed by atoms with Crippen molar-refractivity contribution in [2.24, 2.45) is 5.41 Å². The van der Waals surface area contributed by atoms with Gasteiger partial charge in [-0.1, -0.05) is 40.0 Å². The van der Waals surface area contributed by atoms with E-state index in [1.807, 2.05) is 0 Å². The van der Waals surface area contributed by atoms with Gasteiger partial charge in [0.2, 0.25) is 0 Å². The van der Waals surface area contributed by atoms with Gasteiger partial charge in [-0.2, -0.15) is 0 Å². The molecule has 0 radical (unpaired) electrons. The van der Waals surface area contributed by atoms with Crippen LogP contribution in [0, 0.1) is 10.8 Å². The average Bonchev–Trinajstić information content (AvgIpc) is 2.00. The van der Waals surface area contributed by atoms with E-state index in [2.05, 4.69) is 25.7 Å². The maximum atomic E-state index is 8.13. The summed E-state index contributed by atoms with van der Waals surface area (Å²) in [5, 5.41) is 8.13. The van der Waals surface area contributed by atoms with E-state index >= 15 is 0 Å². The zero-order valence-corrected chi connectivity index (χ0v) is 9.90. The monoisotopic (exact) mass is 196 g/mol. The van der Waals surface area contributed by atoms with Gasteiger partial charge in [0.25, 0.3) is 0 Å². The van der Waals surface area contributed by atoms with Gasteiger partial charge in [0.15, 0.2) is 0 Å². The van der Waals surface area contributed by atoms with Crippen LogP contribution in [0.25, 0.3) is 0 Å². The molecule has 0 atom stereocenters. The third kappa shape index (κ3) is 3.32. The minimum Gasteiger partial charge on any atom is -0.360 e. The Labute approximate surface area is 88.2 Å². The fourth-order valence-electron chi connectivity index (χ4n) is 1.95. The molecule has 2 heteroatoms. The van der Waals surface area contributed by atoms with Crippen molar-refractivity contribution in [1.82, 2.24) is 4.90 Å². The smallest absolute Gasteiger partial charge is 0.101 e. The molecule has 0 aromatic heterocycles. The van der Waals surface area contributed by atoms with Crippen molar-refractivity contribution in [3.63, 3.8) is 0 Å². The first-order chi connectivity index (χ1) is 6.52. The summed E-state index contributed by atoms with van der Waals surface area (Å²) in [6, 6.07) is 0. The van der Waals surface area contributed by atoms with Crippen LogP contribution in [0.4, 0.5) is 0 Å². The fraction of sp³-hybridized carbons (Fsp3) is 0.917. The molecular weight excluding hydrogens is 172 g/mol. The maximum absolute atomic E-state index is 8.13. The van der Waals surface area contributed by atoms with Crippen LogP contribution in [0.15, 0.2) is 0 Å². The molecule has 1 N–H and O–H groups in total. The molecular formula is C12H24N2. The van der Waals surface area contributed by atoms with Crippen molar-refractivity contribution in [3.8, 4) is 0 Å². The molecule has 1 rings (SSSR count). The van der Waals surface area contributed by atoms with E-state index in [1.54, 1.807) is 0 Å². The van der Waals surface area contributed by atoms with Gasteiger partial charge in [0.05, 0.1) is 0 Å². The summed E-state index contributed by atoms with van der Waals surface area (Å²) in [7, 11) is 0. The Balaban J connectivity index is 2.51. The molecule has 82 valence electrons. The Hall–Kier alpha value is -0.530. The van der Waals surface area contributed by atoms with E-state index in [0.29, 0.717) is 0 Å². The minimum absolute atomic E-state index is 0.0131. The summed E-state index contributed by atoms with van der Waals surface area (Å²) in [5.74, 6) is 0.819. The van der Waals surface area contributed by atoms with E-state index in [4.69, 9.17) is 5.41 Å². The lowest BCUT2D eigenvalue weighted by molar-refractivity contribution is 0.327. The van der Waals surface area contributed by atoms with Crippen molar-refractivity contribution in [1.29, 1.82) is 5.41 Å². The van der Waals surface area contributed by atoms with Gasteiger partial charge >= 0.3 is 0 Å². The fourth-order valence-corrected chi connectivity index (χ4v) is 1.95. The summed E-state index contributed by atoms with van der Waals surface area (Å²) in [4.78, 5) is 2.28. The number of nitrogens with zero attached hydrogens (tertiary/aromatic N) is 1.